The second-order valence-electron chi connectivity index (χ2n) is 18.0. The van der Waals surface area contributed by atoms with Gasteiger partial charge in [-0.05, 0) is 181 Å². The summed E-state index contributed by atoms with van der Waals surface area (Å²) in [5.74, 6) is -0.458. The van der Waals surface area contributed by atoms with Gasteiger partial charge in [0.1, 0.15) is 12.1 Å². The van der Waals surface area contributed by atoms with Crippen LogP contribution in [0.25, 0.3) is 0 Å². The number of carbonyl (C=O) groups is 4. The normalized spacial score (nSPS) is 10.2. The number of amides is 4. The Morgan fingerprint density at radius 2 is 0.642 bits per heavy atom. The van der Waals surface area contributed by atoms with E-state index in [1.54, 1.807) is 0 Å². The van der Waals surface area contributed by atoms with Crippen molar-refractivity contribution in [1.82, 2.24) is 53.2 Å². The fourth-order valence-corrected chi connectivity index (χ4v) is 7.03. The van der Waals surface area contributed by atoms with E-state index in [2.05, 4.69) is 53.2 Å². The molecular formula is C51H110Cl9N13O8. The van der Waals surface area contributed by atoms with Crippen molar-refractivity contribution in [1.29, 1.82) is 0 Å². The van der Waals surface area contributed by atoms with E-state index in [4.69, 9.17) is 36.1 Å². The number of hydrogen-bond donors (Lipinski definition) is 13. The van der Waals surface area contributed by atoms with Crippen LogP contribution in [0.4, 0.5) is 4.79 Å². The fraction of sp³-hybridized carbons (Fsp3) is 0.804. The van der Waals surface area contributed by atoms with Crippen LogP contribution in [-0.2, 0) is 39.9 Å². The van der Waals surface area contributed by atoms with Gasteiger partial charge in [-0.3, -0.25) is 14.4 Å². The van der Waals surface area contributed by atoms with Crippen LogP contribution in [-0.4, -0.2) is 187 Å². The molecule has 0 aliphatic heterocycles. The van der Waals surface area contributed by atoms with Crippen LogP contribution in [0.2, 0.25) is 0 Å². The summed E-state index contributed by atoms with van der Waals surface area (Å²) < 4.78 is 23.8. The van der Waals surface area contributed by atoms with Crippen molar-refractivity contribution in [2.45, 2.75) is 108 Å². The first-order chi connectivity index (χ1) is 35.3. The molecule has 1 aromatic rings. The third-order valence-electron chi connectivity index (χ3n) is 11.2. The van der Waals surface area contributed by atoms with Gasteiger partial charge < -0.3 is 89.3 Å². The molecule has 0 aromatic heterocycles. The van der Waals surface area contributed by atoms with Crippen LogP contribution >= 0.6 is 112 Å². The Balaban J connectivity index is -0.000000823. The zero-order valence-electron chi connectivity index (χ0n) is 47.8. The van der Waals surface area contributed by atoms with Gasteiger partial charge in [-0.25, -0.2) is 4.79 Å². The summed E-state index contributed by atoms with van der Waals surface area (Å²) >= 11 is 0. The number of benzene rings is 1. The molecule has 0 saturated carbocycles. The maximum atomic E-state index is 13.4. The van der Waals surface area contributed by atoms with Crippen LogP contribution in [0.1, 0.15) is 102 Å². The summed E-state index contributed by atoms with van der Waals surface area (Å²) in [5.41, 5.74) is 16.1. The third kappa shape index (κ3) is 68.0. The number of nitrogens with one attached hydrogen (secondary N) is 10. The Kier molecular flexibility index (Phi) is 94.2. The quantitative estimate of drug-likeness (QED) is 0.0409. The van der Waals surface area contributed by atoms with E-state index in [1.807, 2.05) is 30.3 Å². The lowest BCUT2D eigenvalue weighted by molar-refractivity contribution is -0.122. The summed E-state index contributed by atoms with van der Waals surface area (Å²) in [4.78, 5) is 51.6. The highest BCUT2D eigenvalue weighted by atomic mass is 35.5. The van der Waals surface area contributed by atoms with Gasteiger partial charge in [0.05, 0.1) is 39.6 Å². The second kappa shape index (κ2) is 77.0. The van der Waals surface area contributed by atoms with Crippen LogP contribution in [0.3, 0.4) is 0 Å². The van der Waals surface area contributed by atoms with E-state index in [9.17, 15) is 19.2 Å². The Morgan fingerprint density at radius 3 is 0.926 bits per heavy atom. The van der Waals surface area contributed by atoms with Gasteiger partial charge >= 0.3 is 6.09 Å². The molecular weight excluding hydrogens is 1240 g/mol. The molecule has 1 aromatic carbocycles. The number of unbranched alkanes of at least 4 members (excludes halogenated alkanes) is 3. The van der Waals surface area contributed by atoms with E-state index in [-0.39, 0.29) is 195 Å². The molecule has 0 aliphatic carbocycles. The van der Waals surface area contributed by atoms with Crippen molar-refractivity contribution in [2.24, 2.45) is 17.2 Å². The lowest BCUT2D eigenvalue weighted by Gasteiger charge is -2.33. The predicted molar refractivity (Wildman–Crippen MR) is 353 cm³/mol. The molecule has 0 atom stereocenters. The number of rotatable bonds is 54. The smallest absolute Gasteiger partial charge is 0.408 e. The minimum Gasteiger partial charge on any atom is -0.445 e. The van der Waals surface area contributed by atoms with Crippen molar-refractivity contribution >= 4 is 135 Å². The first-order valence-corrected chi connectivity index (χ1v) is 27.2. The van der Waals surface area contributed by atoms with Crippen LogP contribution in [0.15, 0.2) is 30.3 Å². The molecule has 0 unspecified atom stereocenters. The molecule has 21 nitrogen and oxygen atoms in total. The van der Waals surface area contributed by atoms with Gasteiger partial charge in [-0.1, -0.05) is 30.3 Å². The number of hydrogen-bond acceptors (Lipinski definition) is 17. The number of halogens is 9. The zero-order chi connectivity index (χ0) is 52.1. The molecule has 0 spiro atoms. The molecule has 30 heteroatoms. The van der Waals surface area contributed by atoms with Gasteiger partial charge in [-0.2, -0.15) is 0 Å². The summed E-state index contributed by atoms with van der Waals surface area (Å²) in [5, 5.41) is 32.2. The van der Waals surface area contributed by atoms with Crippen LogP contribution < -0.4 is 70.4 Å². The molecule has 4 amide bonds. The molecule has 0 fully saturated rings. The minimum absolute atomic E-state index is 0. The molecule has 0 aliphatic rings. The molecule has 1 rings (SSSR count). The summed E-state index contributed by atoms with van der Waals surface area (Å²) in [6.07, 6.45) is 11.4. The average molecular weight is 1350 g/mol. The highest BCUT2D eigenvalue weighted by Crippen LogP contribution is 2.12. The highest BCUT2D eigenvalue weighted by Gasteiger charge is 2.35. The van der Waals surface area contributed by atoms with Gasteiger partial charge in [0.15, 0.2) is 0 Å². The Morgan fingerprint density at radius 1 is 0.370 bits per heavy atom. The van der Waals surface area contributed by atoms with Crippen molar-refractivity contribution in [3.63, 3.8) is 0 Å². The van der Waals surface area contributed by atoms with Crippen LogP contribution in [0.5, 0.6) is 0 Å². The predicted octanol–water partition coefficient (Wildman–Crippen LogP) is 4.11. The molecule has 0 saturated heterocycles. The molecule has 16 N–H and O–H groups in total. The van der Waals surface area contributed by atoms with Gasteiger partial charge in [-0.15, -0.1) is 112 Å². The molecule has 81 heavy (non-hydrogen) atoms. The first-order valence-electron chi connectivity index (χ1n) is 27.2. The zero-order valence-corrected chi connectivity index (χ0v) is 55.2. The summed E-state index contributed by atoms with van der Waals surface area (Å²) in [7, 11) is 0. The first kappa shape index (κ1) is 99.1. The summed E-state index contributed by atoms with van der Waals surface area (Å²) in [6, 6.07) is 9.30. The standard InChI is InChI=1S/C51H101N13O8.9ClH/c52-21-10-30-55-24-4-7-27-58-33-13-36-61-47(65)18-39-69-43-51(64-50(68)72-42-46-16-2-1-3-17-46,44-70-40-19-48(66)62-37-14-34-59-28-8-5-25-56-31-11-22-53)45-71-41-20-49(67)63-38-15-35-60-29-9-6-26-57-32-12-23-54;;;;;;;;;/h1-3,16-17,55-60H,4-15,18-45,52-54H2,(H,61,65)(H,62,66)(H,63,67)(H,64,68);9*1H. The lowest BCUT2D eigenvalue weighted by atomic mass is 10.0. The van der Waals surface area contributed by atoms with Crippen molar-refractivity contribution in [3.8, 4) is 0 Å². The maximum Gasteiger partial charge on any atom is 0.408 e. The Bertz CT molecular complexity index is 1330. The van der Waals surface area contributed by atoms with E-state index >= 15 is 0 Å². The molecule has 0 radical (unpaired) electrons. The molecule has 0 heterocycles. The van der Waals surface area contributed by atoms with Crippen molar-refractivity contribution < 1.29 is 38.1 Å². The van der Waals surface area contributed by atoms with Crippen LogP contribution in [0, 0.1) is 0 Å². The number of ether oxygens (including phenoxy) is 4. The van der Waals surface area contributed by atoms with Gasteiger partial charge in [0, 0.05) is 38.9 Å². The monoisotopic (exact) mass is 1350 g/mol. The van der Waals surface area contributed by atoms with E-state index in [0.29, 0.717) is 39.3 Å². The Labute approximate surface area is 542 Å². The number of nitrogens with two attached hydrogens (primary N) is 3. The molecule has 0 bridgehead atoms. The largest absolute Gasteiger partial charge is 0.445 e. The number of alkyl carbamates (subject to hydrolysis) is 1. The van der Waals surface area contributed by atoms with Gasteiger partial charge in [0.2, 0.25) is 17.7 Å². The molecule has 490 valence electrons. The summed E-state index contributed by atoms with van der Waals surface area (Å²) in [6.45, 7) is 14.6. The average Bonchev–Trinajstić information content (AvgIpc) is 3.38. The highest BCUT2D eigenvalue weighted by molar-refractivity contribution is 5.86. The fourth-order valence-electron chi connectivity index (χ4n) is 7.03. The lowest BCUT2D eigenvalue weighted by Crippen LogP contribution is -2.59. The number of carbonyl (C=O) groups excluding carboxylic acids is 4. The Hall–Kier alpha value is -0.970. The maximum absolute atomic E-state index is 13.4. The topological polar surface area (TPSA) is 304 Å². The van der Waals surface area contributed by atoms with E-state index in [1.165, 1.54) is 0 Å². The minimum atomic E-state index is -1.29. The SMILES string of the molecule is Cl.Cl.Cl.Cl.Cl.Cl.Cl.Cl.Cl.NCCCNCCCCNCCCNC(=O)CCOCC(COCCC(=O)NCCCNCCCCNCCCN)(COCCC(=O)NCCCNCCCCNCCCN)NC(=O)OCc1ccccc1. The third-order valence-corrected chi connectivity index (χ3v) is 11.2. The van der Waals surface area contributed by atoms with E-state index < -0.39 is 11.6 Å². The van der Waals surface area contributed by atoms with E-state index in [0.717, 1.165) is 161 Å². The van der Waals surface area contributed by atoms with Crippen molar-refractivity contribution in [2.75, 3.05) is 157 Å². The van der Waals surface area contributed by atoms with Crippen molar-refractivity contribution in [3.05, 3.63) is 35.9 Å². The second-order valence-corrected chi connectivity index (χ2v) is 18.0. The van der Waals surface area contributed by atoms with Gasteiger partial charge in [0.25, 0.3) is 0 Å².